The van der Waals surface area contributed by atoms with E-state index in [9.17, 15) is 4.79 Å². The molecule has 0 radical (unpaired) electrons. The standard InChI is InChI=1S/C13H22N4O3/c1-19-6-7-20-10-13(18)16-11-8-15-17(9-11)12-2-4-14-5-3-12/h8-9,12,14H,2-7,10H2,1H3,(H,16,18). The van der Waals surface area contributed by atoms with Gasteiger partial charge in [-0.25, -0.2) is 0 Å². The number of carbonyl (C=O) groups excluding carboxylic acids is 1. The van der Waals surface area contributed by atoms with Crippen LogP contribution in [0.4, 0.5) is 5.69 Å². The van der Waals surface area contributed by atoms with Gasteiger partial charge in [-0.1, -0.05) is 0 Å². The Kier molecular flexibility index (Phi) is 5.97. The summed E-state index contributed by atoms with van der Waals surface area (Å²) in [5.74, 6) is -0.175. The molecule has 0 unspecified atom stereocenters. The van der Waals surface area contributed by atoms with Crippen LogP contribution < -0.4 is 10.6 Å². The van der Waals surface area contributed by atoms with Crippen molar-refractivity contribution in [3.8, 4) is 0 Å². The maximum absolute atomic E-state index is 11.6. The zero-order valence-electron chi connectivity index (χ0n) is 11.8. The van der Waals surface area contributed by atoms with E-state index in [1.165, 1.54) is 0 Å². The number of nitrogens with zero attached hydrogens (tertiary/aromatic N) is 2. The fourth-order valence-corrected chi connectivity index (χ4v) is 2.18. The third kappa shape index (κ3) is 4.59. The average molecular weight is 282 g/mol. The van der Waals surface area contributed by atoms with Crippen molar-refractivity contribution >= 4 is 11.6 Å². The SMILES string of the molecule is COCCOCC(=O)Nc1cnn(C2CCNCC2)c1. The van der Waals surface area contributed by atoms with Crippen LogP contribution in [0.5, 0.6) is 0 Å². The summed E-state index contributed by atoms with van der Waals surface area (Å²) in [5, 5.41) is 10.4. The first-order valence-corrected chi connectivity index (χ1v) is 6.91. The molecule has 1 amide bonds. The summed E-state index contributed by atoms with van der Waals surface area (Å²) in [6, 6.07) is 0.417. The average Bonchev–Trinajstić information content (AvgIpc) is 2.93. The maximum atomic E-state index is 11.6. The Morgan fingerprint density at radius 2 is 2.30 bits per heavy atom. The van der Waals surface area contributed by atoms with E-state index in [0.717, 1.165) is 25.9 Å². The van der Waals surface area contributed by atoms with Crippen LogP contribution in [0.3, 0.4) is 0 Å². The lowest BCUT2D eigenvalue weighted by atomic mass is 10.1. The fraction of sp³-hybridized carbons (Fsp3) is 0.692. The molecule has 2 heterocycles. The third-order valence-corrected chi connectivity index (χ3v) is 3.23. The number of hydrogen-bond donors (Lipinski definition) is 2. The van der Waals surface area contributed by atoms with Gasteiger partial charge in [0.15, 0.2) is 0 Å². The molecule has 7 heteroatoms. The summed E-state index contributed by atoms with van der Waals surface area (Å²) < 4.78 is 11.9. The van der Waals surface area contributed by atoms with Gasteiger partial charge in [-0.2, -0.15) is 5.10 Å². The van der Waals surface area contributed by atoms with Gasteiger partial charge < -0.3 is 20.1 Å². The van der Waals surface area contributed by atoms with E-state index in [1.807, 2.05) is 10.9 Å². The van der Waals surface area contributed by atoms with Crippen molar-refractivity contribution in [1.29, 1.82) is 0 Å². The lowest BCUT2D eigenvalue weighted by molar-refractivity contribution is -0.121. The minimum Gasteiger partial charge on any atom is -0.382 e. The predicted molar refractivity (Wildman–Crippen MR) is 74.7 cm³/mol. The molecule has 1 fully saturated rings. The lowest BCUT2D eigenvalue weighted by Crippen LogP contribution is -2.29. The third-order valence-electron chi connectivity index (χ3n) is 3.23. The number of amides is 1. The molecule has 7 nitrogen and oxygen atoms in total. The normalized spacial score (nSPS) is 16.2. The van der Waals surface area contributed by atoms with Gasteiger partial charge >= 0.3 is 0 Å². The number of methoxy groups -OCH3 is 1. The van der Waals surface area contributed by atoms with Gasteiger partial charge in [-0.3, -0.25) is 9.48 Å². The highest BCUT2D eigenvalue weighted by molar-refractivity contribution is 5.91. The number of rotatable bonds is 7. The minimum atomic E-state index is -0.175. The monoisotopic (exact) mass is 282 g/mol. The van der Waals surface area contributed by atoms with Crippen molar-refractivity contribution in [2.75, 3.05) is 45.3 Å². The molecule has 2 N–H and O–H groups in total. The highest BCUT2D eigenvalue weighted by atomic mass is 16.5. The first-order valence-electron chi connectivity index (χ1n) is 6.91. The van der Waals surface area contributed by atoms with Gasteiger partial charge in [0.05, 0.1) is 31.1 Å². The maximum Gasteiger partial charge on any atom is 0.250 e. The summed E-state index contributed by atoms with van der Waals surface area (Å²) >= 11 is 0. The van der Waals surface area contributed by atoms with Gasteiger partial charge in [0, 0.05) is 13.3 Å². The minimum absolute atomic E-state index is 0.0297. The molecule has 0 atom stereocenters. The molecule has 0 bridgehead atoms. The van der Waals surface area contributed by atoms with Gasteiger partial charge in [0.1, 0.15) is 6.61 Å². The van der Waals surface area contributed by atoms with E-state index < -0.39 is 0 Å². The number of ether oxygens (including phenoxy) is 2. The molecule has 2 rings (SSSR count). The van der Waals surface area contributed by atoms with Crippen molar-refractivity contribution in [2.24, 2.45) is 0 Å². The Bertz CT molecular complexity index is 416. The molecule has 0 aromatic carbocycles. The van der Waals surface area contributed by atoms with Crippen molar-refractivity contribution in [2.45, 2.75) is 18.9 Å². The van der Waals surface area contributed by atoms with Crippen LogP contribution in [0.2, 0.25) is 0 Å². The molecule has 0 aliphatic carbocycles. The van der Waals surface area contributed by atoms with Gasteiger partial charge in [0.25, 0.3) is 0 Å². The van der Waals surface area contributed by atoms with Crippen LogP contribution in [-0.4, -0.2) is 55.7 Å². The van der Waals surface area contributed by atoms with Crippen molar-refractivity contribution in [1.82, 2.24) is 15.1 Å². The highest BCUT2D eigenvalue weighted by Crippen LogP contribution is 2.19. The highest BCUT2D eigenvalue weighted by Gasteiger charge is 2.16. The second-order valence-electron chi connectivity index (χ2n) is 4.78. The van der Waals surface area contributed by atoms with E-state index in [0.29, 0.717) is 24.9 Å². The Hall–Kier alpha value is -1.44. The van der Waals surface area contributed by atoms with Crippen molar-refractivity contribution in [3.05, 3.63) is 12.4 Å². The molecule has 0 saturated carbocycles. The zero-order chi connectivity index (χ0) is 14.2. The summed E-state index contributed by atoms with van der Waals surface area (Å²) in [7, 11) is 1.60. The quantitative estimate of drug-likeness (QED) is 0.708. The van der Waals surface area contributed by atoms with Crippen LogP contribution in [0, 0.1) is 0 Å². The Balaban J connectivity index is 1.75. The van der Waals surface area contributed by atoms with Gasteiger partial charge in [-0.15, -0.1) is 0 Å². The molecular formula is C13H22N4O3. The van der Waals surface area contributed by atoms with Crippen LogP contribution >= 0.6 is 0 Å². The molecule has 1 aromatic rings. The second-order valence-corrected chi connectivity index (χ2v) is 4.78. The fourth-order valence-electron chi connectivity index (χ4n) is 2.18. The van der Waals surface area contributed by atoms with Crippen LogP contribution in [-0.2, 0) is 14.3 Å². The van der Waals surface area contributed by atoms with Crippen LogP contribution in [0.15, 0.2) is 12.4 Å². The molecule has 1 aromatic heterocycles. The number of nitrogens with one attached hydrogen (secondary N) is 2. The van der Waals surface area contributed by atoms with E-state index in [1.54, 1.807) is 13.3 Å². The zero-order valence-corrected chi connectivity index (χ0v) is 11.8. The largest absolute Gasteiger partial charge is 0.382 e. The number of piperidine rings is 1. The molecular weight excluding hydrogens is 260 g/mol. The summed E-state index contributed by atoms with van der Waals surface area (Å²) in [6.45, 7) is 2.96. The van der Waals surface area contributed by atoms with E-state index in [2.05, 4.69) is 15.7 Å². The lowest BCUT2D eigenvalue weighted by Gasteiger charge is -2.22. The van der Waals surface area contributed by atoms with Gasteiger partial charge in [-0.05, 0) is 25.9 Å². The molecule has 1 aliphatic rings. The van der Waals surface area contributed by atoms with E-state index in [-0.39, 0.29) is 12.5 Å². The predicted octanol–water partition coefficient (Wildman–Crippen LogP) is 0.409. The number of hydrogen-bond acceptors (Lipinski definition) is 5. The molecule has 112 valence electrons. The Morgan fingerprint density at radius 1 is 1.50 bits per heavy atom. The summed E-state index contributed by atoms with van der Waals surface area (Å²) in [4.78, 5) is 11.6. The number of anilines is 1. The van der Waals surface area contributed by atoms with Crippen LogP contribution in [0.25, 0.3) is 0 Å². The molecule has 1 saturated heterocycles. The topological polar surface area (TPSA) is 77.4 Å². The number of carbonyl (C=O) groups is 1. The molecule has 1 aliphatic heterocycles. The number of aromatic nitrogens is 2. The Morgan fingerprint density at radius 3 is 3.05 bits per heavy atom. The molecule has 20 heavy (non-hydrogen) atoms. The van der Waals surface area contributed by atoms with Crippen LogP contribution in [0.1, 0.15) is 18.9 Å². The smallest absolute Gasteiger partial charge is 0.250 e. The summed E-state index contributed by atoms with van der Waals surface area (Å²) in [6.07, 6.45) is 5.68. The van der Waals surface area contributed by atoms with E-state index >= 15 is 0 Å². The Labute approximate surface area is 118 Å². The van der Waals surface area contributed by atoms with E-state index in [4.69, 9.17) is 9.47 Å². The van der Waals surface area contributed by atoms with Crippen molar-refractivity contribution in [3.63, 3.8) is 0 Å². The first-order chi connectivity index (χ1) is 9.79. The summed E-state index contributed by atoms with van der Waals surface area (Å²) in [5.41, 5.74) is 0.712. The molecule has 0 spiro atoms. The van der Waals surface area contributed by atoms with Gasteiger partial charge in [0.2, 0.25) is 5.91 Å². The van der Waals surface area contributed by atoms with Crippen molar-refractivity contribution < 1.29 is 14.3 Å². The second kappa shape index (κ2) is 7.98. The first kappa shape index (κ1) is 15.0.